The lowest BCUT2D eigenvalue weighted by molar-refractivity contribution is -0.183. The predicted octanol–water partition coefficient (Wildman–Crippen LogP) is 4.05. The topological polar surface area (TPSA) is 25.2 Å². The van der Waals surface area contributed by atoms with Crippen molar-refractivity contribution < 1.29 is 17.6 Å². The van der Waals surface area contributed by atoms with Crippen LogP contribution in [0.25, 0.3) is 0 Å². The number of halogens is 3. The molecule has 0 spiro atoms. The lowest BCUT2D eigenvalue weighted by Gasteiger charge is -2.32. The van der Waals surface area contributed by atoms with Crippen LogP contribution in [0.4, 0.5) is 13.2 Å². The fourth-order valence-electron chi connectivity index (χ4n) is 2.61. The van der Waals surface area contributed by atoms with Gasteiger partial charge in [0.2, 0.25) is 0 Å². The van der Waals surface area contributed by atoms with Gasteiger partial charge in [-0.1, -0.05) is 6.42 Å². The first kappa shape index (κ1) is 13.5. The van der Waals surface area contributed by atoms with E-state index in [2.05, 4.69) is 5.32 Å². The Balaban J connectivity index is 1.90. The van der Waals surface area contributed by atoms with Gasteiger partial charge in [0.25, 0.3) is 0 Å². The molecule has 1 aromatic heterocycles. The lowest BCUT2D eigenvalue weighted by atomic mass is 9.85. The normalized spacial score (nSPS) is 27.1. The van der Waals surface area contributed by atoms with Gasteiger partial charge in [-0.15, -0.1) is 0 Å². The molecule has 1 aliphatic carbocycles. The number of nitrogens with one attached hydrogen (secondary N) is 1. The molecule has 0 aliphatic heterocycles. The highest BCUT2D eigenvalue weighted by Gasteiger charge is 2.42. The summed E-state index contributed by atoms with van der Waals surface area (Å²) >= 11 is 0. The monoisotopic (exact) mass is 261 g/mol. The Labute approximate surface area is 105 Å². The molecule has 2 rings (SSSR count). The van der Waals surface area contributed by atoms with Crippen molar-refractivity contribution in [1.82, 2.24) is 5.32 Å². The lowest BCUT2D eigenvalue weighted by Crippen LogP contribution is -2.39. The zero-order valence-electron chi connectivity index (χ0n) is 10.3. The third-order valence-electron chi connectivity index (χ3n) is 3.59. The summed E-state index contributed by atoms with van der Waals surface area (Å²) in [6.45, 7) is 1.91. The molecule has 3 atom stereocenters. The zero-order chi connectivity index (χ0) is 13.2. The molecule has 1 heterocycles. The van der Waals surface area contributed by atoms with Crippen molar-refractivity contribution >= 4 is 0 Å². The summed E-state index contributed by atoms with van der Waals surface area (Å²) in [4.78, 5) is 0. The van der Waals surface area contributed by atoms with Crippen LogP contribution in [0.5, 0.6) is 0 Å². The maximum atomic E-state index is 12.7. The molecule has 102 valence electrons. The predicted molar refractivity (Wildman–Crippen MR) is 62.1 cm³/mol. The summed E-state index contributed by atoms with van der Waals surface area (Å²) in [6.07, 6.45) is -0.614. The van der Waals surface area contributed by atoms with Crippen molar-refractivity contribution in [3.05, 3.63) is 24.2 Å². The molecule has 0 aromatic carbocycles. The summed E-state index contributed by atoms with van der Waals surface area (Å²) in [5, 5.41) is 3.23. The van der Waals surface area contributed by atoms with Crippen LogP contribution in [-0.2, 0) is 0 Å². The summed E-state index contributed by atoms with van der Waals surface area (Å²) < 4.78 is 43.3. The van der Waals surface area contributed by atoms with Gasteiger partial charge >= 0.3 is 6.18 Å². The van der Waals surface area contributed by atoms with E-state index < -0.39 is 12.1 Å². The minimum atomic E-state index is -4.06. The molecule has 1 N–H and O–H groups in total. The van der Waals surface area contributed by atoms with Crippen LogP contribution in [-0.4, -0.2) is 12.2 Å². The van der Waals surface area contributed by atoms with E-state index in [9.17, 15) is 13.2 Å². The van der Waals surface area contributed by atoms with Crippen molar-refractivity contribution in [1.29, 1.82) is 0 Å². The number of hydrogen-bond acceptors (Lipinski definition) is 2. The van der Waals surface area contributed by atoms with E-state index in [0.717, 1.165) is 12.2 Å². The highest BCUT2D eigenvalue weighted by atomic mass is 19.4. The second-order valence-corrected chi connectivity index (χ2v) is 5.01. The smallest absolute Gasteiger partial charge is 0.391 e. The van der Waals surface area contributed by atoms with Crippen molar-refractivity contribution in [2.24, 2.45) is 5.92 Å². The third-order valence-corrected chi connectivity index (χ3v) is 3.59. The van der Waals surface area contributed by atoms with Gasteiger partial charge in [0, 0.05) is 6.04 Å². The molecule has 5 heteroatoms. The Morgan fingerprint density at radius 1 is 1.39 bits per heavy atom. The highest BCUT2D eigenvalue weighted by Crippen LogP contribution is 2.38. The van der Waals surface area contributed by atoms with Gasteiger partial charge in [0.15, 0.2) is 0 Å². The Morgan fingerprint density at radius 3 is 2.78 bits per heavy atom. The first-order valence-corrected chi connectivity index (χ1v) is 6.33. The van der Waals surface area contributed by atoms with Gasteiger partial charge in [-0.3, -0.25) is 0 Å². The Hall–Kier alpha value is -0.970. The van der Waals surface area contributed by atoms with Gasteiger partial charge in [-0.2, -0.15) is 13.2 Å². The second-order valence-electron chi connectivity index (χ2n) is 5.01. The summed E-state index contributed by atoms with van der Waals surface area (Å²) in [6, 6.07) is 3.50. The molecule has 1 saturated carbocycles. The van der Waals surface area contributed by atoms with Crippen LogP contribution >= 0.6 is 0 Å². The summed E-state index contributed by atoms with van der Waals surface area (Å²) in [5.74, 6) is -0.392. The fraction of sp³-hybridized carbons (Fsp3) is 0.692. The van der Waals surface area contributed by atoms with Crippen LogP contribution in [0.15, 0.2) is 22.8 Å². The Bertz CT molecular complexity index is 361. The quantitative estimate of drug-likeness (QED) is 0.888. The molecule has 18 heavy (non-hydrogen) atoms. The summed E-state index contributed by atoms with van der Waals surface area (Å²) in [7, 11) is 0. The van der Waals surface area contributed by atoms with E-state index in [0.29, 0.717) is 6.42 Å². The molecule has 0 saturated heterocycles. The molecular weight excluding hydrogens is 243 g/mol. The van der Waals surface area contributed by atoms with Crippen LogP contribution < -0.4 is 5.32 Å². The number of furan rings is 1. The van der Waals surface area contributed by atoms with E-state index in [-0.39, 0.29) is 24.9 Å². The molecule has 1 aromatic rings. The maximum absolute atomic E-state index is 12.7. The van der Waals surface area contributed by atoms with E-state index >= 15 is 0 Å². The van der Waals surface area contributed by atoms with Gasteiger partial charge in [0.05, 0.1) is 18.2 Å². The number of hydrogen-bond donors (Lipinski definition) is 1. The van der Waals surface area contributed by atoms with Gasteiger partial charge in [-0.25, -0.2) is 0 Å². The van der Waals surface area contributed by atoms with Crippen LogP contribution in [0, 0.1) is 5.92 Å². The van der Waals surface area contributed by atoms with Gasteiger partial charge < -0.3 is 9.73 Å². The van der Waals surface area contributed by atoms with E-state index in [1.807, 2.05) is 13.0 Å². The first-order valence-electron chi connectivity index (χ1n) is 6.33. The number of alkyl halides is 3. The highest BCUT2D eigenvalue weighted by molar-refractivity contribution is 5.03. The largest absolute Gasteiger partial charge is 0.468 e. The SMILES string of the molecule is C[C@@H](NC1CCCC(C(F)(F)F)C1)c1ccco1. The zero-order valence-corrected chi connectivity index (χ0v) is 10.3. The minimum Gasteiger partial charge on any atom is -0.468 e. The minimum absolute atomic E-state index is 0.0445. The molecular formula is C13H18F3NO. The van der Waals surface area contributed by atoms with Crippen molar-refractivity contribution in [2.45, 2.75) is 50.9 Å². The molecule has 2 nitrogen and oxygen atoms in total. The fourth-order valence-corrected chi connectivity index (χ4v) is 2.61. The molecule has 0 amide bonds. The molecule has 0 bridgehead atoms. The van der Waals surface area contributed by atoms with E-state index in [1.54, 1.807) is 12.3 Å². The van der Waals surface area contributed by atoms with Crippen LogP contribution in [0.2, 0.25) is 0 Å². The van der Waals surface area contributed by atoms with E-state index in [4.69, 9.17) is 4.42 Å². The standard InChI is InChI=1S/C13H18F3NO/c1-9(12-6-3-7-18-12)17-11-5-2-4-10(8-11)13(14,15)16/h3,6-7,9-11,17H,2,4-5,8H2,1H3/t9-,10?,11?/m1/s1. The molecule has 1 aliphatic rings. The second kappa shape index (κ2) is 5.34. The van der Waals surface area contributed by atoms with Gasteiger partial charge in [-0.05, 0) is 38.3 Å². The molecule has 2 unspecified atom stereocenters. The summed E-state index contributed by atoms with van der Waals surface area (Å²) in [5.41, 5.74) is 0. The van der Waals surface area contributed by atoms with E-state index in [1.165, 1.54) is 0 Å². The molecule has 0 radical (unpaired) electrons. The van der Waals surface area contributed by atoms with Crippen LogP contribution in [0.3, 0.4) is 0 Å². The van der Waals surface area contributed by atoms with Crippen molar-refractivity contribution in [3.63, 3.8) is 0 Å². The van der Waals surface area contributed by atoms with Crippen molar-refractivity contribution in [2.75, 3.05) is 0 Å². The van der Waals surface area contributed by atoms with Gasteiger partial charge in [0.1, 0.15) is 5.76 Å². The maximum Gasteiger partial charge on any atom is 0.391 e. The Kier molecular flexibility index (Phi) is 4.00. The molecule has 1 fully saturated rings. The average molecular weight is 261 g/mol. The van der Waals surface area contributed by atoms with Crippen molar-refractivity contribution in [3.8, 4) is 0 Å². The average Bonchev–Trinajstić information content (AvgIpc) is 2.81. The number of rotatable bonds is 3. The Morgan fingerprint density at radius 2 is 2.17 bits per heavy atom. The third kappa shape index (κ3) is 3.28. The van der Waals surface area contributed by atoms with Crippen LogP contribution in [0.1, 0.15) is 44.4 Å². The first-order chi connectivity index (χ1) is 8.47.